The molecule has 164 valence electrons. The van der Waals surface area contributed by atoms with E-state index < -0.39 is 0 Å². The van der Waals surface area contributed by atoms with E-state index in [1.54, 1.807) is 43.7 Å². The van der Waals surface area contributed by atoms with Crippen molar-refractivity contribution in [2.75, 3.05) is 7.11 Å². The van der Waals surface area contributed by atoms with Crippen LogP contribution in [-0.4, -0.2) is 23.7 Å². The number of nitrogens with zero attached hydrogens (tertiary/aromatic N) is 1. The number of hydrogen-bond acceptors (Lipinski definition) is 6. The molecule has 0 bridgehead atoms. The lowest BCUT2D eigenvalue weighted by Gasteiger charge is -2.09. The van der Waals surface area contributed by atoms with Crippen molar-refractivity contribution < 1.29 is 23.5 Å². The summed E-state index contributed by atoms with van der Waals surface area (Å²) < 4.78 is 16.6. The summed E-state index contributed by atoms with van der Waals surface area (Å²) >= 11 is 0. The average molecular weight is 431 g/mol. The highest BCUT2D eigenvalue weighted by Gasteiger charge is 2.07. The van der Waals surface area contributed by atoms with Crippen LogP contribution in [0.15, 0.2) is 65.2 Å². The smallest absolute Gasteiger partial charge is 0.163 e. The van der Waals surface area contributed by atoms with E-state index >= 15 is 0 Å². The van der Waals surface area contributed by atoms with Crippen LogP contribution in [0.5, 0.6) is 11.5 Å². The highest BCUT2D eigenvalue weighted by molar-refractivity contribution is 6.10. The summed E-state index contributed by atoms with van der Waals surface area (Å²) in [5, 5.41) is 0. The van der Waals surface area contributed by atoms with Crippen molar-refractivity contribution in [2.24, 2.45) is 0 Å². The second-order valence-corrected chi connectivity index (χ2v) is 7.18. The van der Waals surface area contributed by atoms with E-state index in [2.05, 4.69) is 4.98 Å². The lowest BCUT2D eigenvalue weighted by Crippen LogP contribution is -2.02. The van der Waals surface area contributed by atoms with Gasteiger partial charge in [-0.05, 0) is 74.0 Å². The highest BCUT2D eigenvalue weighted by atomic mass is 16.5. The van der Waals surface area contributed by atoms with E-state index in [1.165, 1.54) is 12.2 Å². The van der Waals surface area contributed by atoms with Crippen LogP contribution in [0.3, 0.4) is 0 Å². The number of allylic oxidation sites excluding steroid dienone is 2. The fraction of sp³-hybridized carbons (Fsp3) is 0.192. The molecule has 3 aromatic rings. The molecule has 0 atom stereocenters. The number of ether oxygens (including phenoxy) is 2. The molecular weight excluding hydrogens is 406 g/mol. The summed E-state index contributed by atoms with van der Waals surface area (Å²) in [6.45, 7) is 4.13. The van der Waals surface area contributed by atoms with E-state index in [0.29, 0.717) is 29.4 Å². The molecule has 0 amide bonds. The van der Waals surface area contributed by atoms with Crippen LogP contribution in [0.25, 0.3) is 12.2 Å². The maximum Gasteiger partial charge on any atom is 0.163 e. The highest BCUT2D eigenvalue weighted by Crippen LogP contribution is 2.26. The summed E-state index contributed by atoms with van der Waals surface area (Å²) in [6, 6.07) is 12.8. The molecule has 1 aromatic carbocycles. The van der Waals surface area contributed by atoms with Gasteiger partial charge in [-0.2, -0.15) is 0 Å². The van der Waals surface area contributed by atoms with Crippen LogP contribution in [0.2, 0.25) is 0 Å². The van der Waals surface area contributed by atoms with Gasteiger partial charge in [0, 0.05) is 17.8 Å². The predicted molar refractivity (Wildman–Crippen MR) is 122 cm³/mol. The Morgan fingerprint density at radius 2 is 1.81 bits per heavy atom. The molecular formula is C26H25NO5. The first kappa shape index (κ1) is 22.7. The van der Waals surface area contributed by atoms with Crippen LogP contribution in [-0.2, 0) is 16.2 Å². The molecule has 0 aliphatic carbocycles. The number of benzene rings is 1. The van der Waals surface area contributed by atoms with Crippen LogP contribution in [0.1, 0.15) is 34.8 Å². The van der Waals surface area contributed by atoms with Gasteiger partial charge < -0.3 is 13.9 Å². The minimum atomic E-state index is -0.302. The number of carbonyl (C=O) groups is 2. The number of aryl methyl sites for hydroxylation is 2. The molecule has 2 aromatic heterocycles. The monoisotopic (exact) mass is 431 g/mol. The molecule has 32 heavy (non-hydrogen) atoms. The van der Waals surface area contributed by atoms with Gasteiger partial charge in [0.05, 0.1) is 19.2 Å². The quantitative estimate of drug-likeness (QED) is 0.327. The Morgan fingerprint density at radius 1 is 1.03 bits per heavy atom. The van der Waals surface area contributed by atoms with Gasteiger partial charge in [-0.25, -0.2) is 0 Å². The minimum absolute atomic E-state index is 0.223. The molecule has 0 unspecified atom stereocenters. The summed E-state index contributed by atoms with van der Waals surface area (Å²) in [6.07, 6.45) is 7.42. The zero-order chi connectivity index (χ0) is 22.9. The van der Waals surface area contributed by atoms with E-state index in [1.807, 2.05) is 38.1 Å². The molecule has 2 heterocycles. The zero-order valence-corrected chi connectivity index (χ0v) is 18.3. The van der Waals surface area contributed by atoms with Gasteiger partial charge in [0.2, 0.25) is 0 Å². The van der Waals surface area contributed by atoms with Gasteiger partial charge in [0.25, 0.3) is 0 Å². The van der Waals surface area contributed by atoms with E-state index in [0.717, 1.165) is 17.0 Å². The molecule has 0 aliphatic heterocycles. The summed E-state index contributed by atoms with van der Waals surface area (Å²) in [5.74, 6) is 1.98. The van der Waals surface area contributed by atoms with Gasteiger partial charge in [0.15, 0.2) is 11.6 Å². The molecule has 6 heteroatoms. The van der Waals surface area contributed by atoms with Gasteiger partial charge in [-0.1, -0.05) is 6.07 Å². The van der Waals surface area contributed by atoms with Gasteiger partial charge in [0.1, 0.15) is 29.6 Å². The molecule has 0 N–H and O–H groups in total. The number of hydrogen-bond donors (Lipinski definition) is 0. The first-order valence-electron chi connectivity index (χ1n) is 10.1. The van der Waals surface area contributed by atoms with Gasteiger partial charge in [-0.3, -0.25) is 14.6 Å². The van der Waals surface area contributed by atoms with Crippen molar-refractivity contribution >= 4 is 23.7 Å². The van der Waals surface area contributed by atoms with Gasteiger partial charge in [-0.15, -0.1) is 0 Å². The van der Waals surface area contributed by atoms with E-state index in [9.17, 15) is 9.59 Å². The number of furan rings is 1. The first-order chi connectivity index (χ1) is 15.4. The summed E-state index contributed by atoms with van der Waals surface area (Å²) in [7, 11) is 1.55. The minimum Gasteiger partial charge on any atom is -0.496 e. The Labute approximate surface area is 187 Å². The normalized spacial score (nSPS) is 11.2. The molecule has 0 saturated carbocycles. The van der Waals surface area contributed by atoms with Crippen molar-refractivity contribution in [2.45, 2.75) is 26.9 Å². The Hall–Kier alpha value is -3.93. The van der Waals surface area contributed by atoms with E-state index in [-0.39, 0.29) is 18.0 Å². The fourth-order valence-corrected chi connectivity index (χ4v) is 2.89. The fourth-order valence-electron chi connectivity index (χ4n) is 2.89. The Morgan fingerprint density at radius 3 is 2.47 bits per heavy atom. The second-order valence-electron chi connectivity index (χ2n) is 7.18. The number of carbonyl (C=O) groups excluding carboxylic acids is 2. The molecule has 0 aliphatic rings. The maximum absolute atomic E-state index is 12.2. The number of aromatic nitrogens is 1. The zero-order valence-electron chi connectivity index (χ0n) is 18.3. The third-order valence-corrected chi connectivity index (χ3v) is 4.73. The van der Waals surface area contributed by atoms with Crippen molar-refractivity contribution in [3.63, 3.8) is 0 Å². The lowest BCUT2D eigenvalue weighted by atomic mass is 10.1. The van der Waals surface area contributed by atoms with Crippen molar-refractivity contribution in [3.8, 4) is 11.5 Å². The predicted octanol–water partition coefficient (Wildman–Crippen LogP) is 5.13. The van der Waals surface area contributed by atoms with Crippen molar-refractivity contribution in [3.05, 3.63) is 89.2 Å². The van der Waals surface area contributed by atoms with E-state index in [4.69, 9.17) is 13.9 Å². The summed E-state index contributed by atoms with van der Waals surface area (Å²) in [4.78, 5) is 28.5. The van der Waals surface area contributed by atoms with Gasteiger partial charge >= 0.3 is 0 Å². The molecule has 0 saturated heterocycles. The maximum atomic E-state index is 12.2. The molecule has 6 nitrogen and oxygen atoms in total. The first-order valence-corrected chi connectivity index (χ1v) is 10.1. The van der Waals surface area contributed by atoms with Crippen LogP contribution < -0.4 is 9.47 Å². The molecule has 0 radical (unpaired) electrons. The molecule has 3 rings (SSSR count). The Bertz CT molecular complexity index is 1120. The standard InChI is InChI=1S/C26H25NO5/c1-18-14-25(32-19(18)2)12-10-23(29)15-22(28)9-7-20-8-11-24(16-26(20)30-3)31-17-21-6-4-5-13-27-21/h4-14,16H,15,17H2,1-3H3/b9-7+,12-10+. The molecule has 0 spiro atoms. The lowest BCUT2D eigenvalue weighted by molar-refractivity contribution is -0.121. The topological polar surface area (TPSA) is 78.6 Å². The summed E-state index contributed by atoms with van der Waals surface area (Å²) in [5.41, 5.74) is 2.53. The average Bonchev–Trinajstić information content (AvgIpc) is 3.13. The number of pyridine rings is 1. The van der Waals surface area contributed by atoms with Crippen LogP contribution in [0, 0.1) is 13.8 Å². The second kappa shape index (κ2) is 10.9. The molecule has 0 fully saturated rings. The number of rotatable bonds is 10. The van der Waals surface area contributed by atoms with Crippen LogP contribution in [0.4, 0.5) is 0 Å². The van der Waals surface area contributed by atoms with Crippen molar-refractivity contribution in [1.29, 1.82) is 0 Å². The van der Waals surface area contributed by atoms with Crippen LogP contribution >= 0.6 is 0 Å². The largest absolute Gasteiger partial charge is 0.496 e. The Kier molecular flexibility index (Phi) is 7.75. The van der Waals surface area contributed by atoms with Crippen molar-refractivity contribution in [1.82, 2.24) is 4.98 Å². The number of ketones is 2. The Balaban J connectivity index is 1.57. The number of methoxy groups -OCH3 is 1. The third kappa shape index (κ3) is 6.54. The third-order valence-electron chi connectivity index (χ3n) is 4.73. The SMILES string of the molecule is COc1cc(OCc2ccccn2)ccc1/C=C/C(=O)CC(=O)/C=C/c1cc(C)c(C)o1.